The molecule has 3 aromatic rings. The van der Waals surface area contributed by atoms with Crippen molar-refractivity contribution >= 4 is 22.7 Å². The molecule has 1 aliphatic rings. The lowest BCUT2D eigenvalue weighted by molar-refractivity contribution is -0.118. The summed E-state index contributed by atoms with van der Waals surface area (Å²) in [5, 5.41) is 6.14. The Morgan fingerprint density at radius 3 is 2.64 bits per heavy atom. The summed E-state index contributed by atoms with van der Waals surface area (Å²) in [6.07, 6.45) is 3.75. The quantitative estimate of drug-likeness (QED) is 0.512. The molecule has 2 amide bonds. The first kappa shape index (κ1) is 22.2. The molecule has 0 radical (unpaired) electrons. The molecule has 9 heteroatoms. The Balaban J connectivity index is 1.51. The number of rotatable bonds is 8. The van der Waals surface area contributed by atoms with Gasteiger partial charge in [0.15, 0.2) is 11.5 Å². The fraction of sp³-hybridized carbons (Fsp3) is 0.250. The van der Waals surface area contributed by atoms with Crippen LogP contribution >= 0.6 is 0 Å². The van der Waals surface area contributed by atoms with Gasteiger partial charge in [-0.25, -0.2) is 14.4 Å². The number of fused-ring (bicyclic) bond motifs is 1. The first-order chi connectivity index (χ1) is 16.0. The minimum absolute atomic E-state index is 0.0306. The Hall–Kier alpha value is -4.01. The van der Waals surface area contributed by atoms with Crippen LogP contribution in [0.25, 0.3) is 10.9 Å². The van der Waals surface area contributed by atoms with Gasteiger partial charge in [0.1, 0.15) is 23.9 Å². The maximum Gasteiger partial charge on any atom is 0.270 e. The van der Waals surface area contributed by atoms with Gasteiger partial charge in [-0.2, -0.15) is 0 Å². The molecule has 8 nitrogen and oxygen atoms in total. The monoisotopic (exact) mass is 450 g/mol. The Labute approximate surface area is 189 Å². The van der Waals surface area contributed by atoms with E-state index in [9.17, 15) is 14.0 Å². The topological polar surface area (TPSA) is 102 Å². The lowest BCUT2D eigenvalue weighted by atomic mass is 9.89. The summed E-state index contributed by atoms with van der Waals surface area (Å²) in [6, 6.07) is 9.30. The van der Waals surface area contributed by atoms with E-state index in [-0.39, 0.29) is 36.1 Å². The second kappa shape index (κ2) is 9.64. The van der Waals surface area contributed by atoms with Crippen molar-refractivity contribution in [2.75, 3.05) is 7.11 Å². The third-order valence-corrected chi connectivity index (χ3v) is 5.42. The number of hydrogen-bond acceptors (Lipinski definition) is 6. The van der Waals surface area contributed by atoms with E-state index < -0.39 is 5.91 Å². The zero-order valence-electron chi connectivity index (χ0n) is 18.0. The van der Waals surface area contributed by atoms with Gasteiger partial charge in [-0.1, -0.05) is 18.7 Å². The van der Waals surface area contributed by atoms with Gasteiger partial charge in [0.2, 0.25) is 5.91 Å². The van der Waals surface area contributed by atoms with Gasteiger partial charge in [0.05, 0.1) is 12.6 Å². The Morgan fingerprint density at radius 1 is 1.18 bits per heavy atom. The van der Waals surface area contributed by atoms with Crippen molar-refractivity contribution in [2.24, 2.45) is 0 Å². The second-order valence-corrected chi connectivity index (χ2v) is 7.67. The molecule has 0 spiro atoms. The molecule has 170 valence electrons. The van der Waals surface area contributed by atoms with Crippen LogP contribution < -0.4 is 20.1 Å². The Morgan fingerprint density at radius 2 is 1.94 bits per heavy atom. The summed E-state index contributed by atoms with van der Waals surface area (Å²) in [7, 11) is 1.53. The minimum Gasteiger partial charge on any atom is -0.493 e. The molecule has 0 aliphatic heterocycles. The molecule has 4 rings (SSSR count). The molecule has 1 fully saturated rings. The molecule has 33 heavy (non-hydrogen) atoms. The molecule has 2 N–H and O–H groups in total. The molecule has 0 atom stereocenters. The van der Waals surface area contributed by atoms with E-state index in [0.29, 0.717) is 35.2 Å². The van der Waals surface area contributed by atoms with Crippen molar-refractivity contribution in [3.8, 4) is 11.5 Å². The smallest absolute Gasteiger partial charge is 0.270 e. The van der Waals surface area contributed by atoms with Crippen molar-refractivity contribution < 1.29 is 23.5 Å². The highest BCUT2D eigenvalue weighted by Crippen LogP contribution is 2.36. The molecule has 0 unspecified atom stereocenters. The van der Waals surface area contributed by atoms with Gasteiger partial charge in [-0.05, 0) is 29.8 Å². The number of aromatic nitrogens is 2. The number of nitrogens with zero attached hydrogens (tertiary/aromatic N) is 2. The van der Waals surface area contributed by atoms with E-state index in [1.54, 1.807) is 24.3 Å². The Bertz CT molecular complexity index is 1190. The number of nitrogens with one attached hydrogen (secondary N) is 2. The van der Waals surface area contributed by atoms with Gasteiger partial charge >= 0.3 is 0 Å². The maximum absolute atomic E-state index is 13.1. The summed E-state index contributed by atoms with van der Waals surface area (Å²) in [5.74, 6) is 0.00593. The number of methoxy groups -OCH3 is 1. The molecular formula is C24H23FN4O4. The maximum atomic E-state index is 13.1. The highest BCUT2D eigenvalue weighted by molar-refractivity contribution is 6.04. The normalized spacial score (nSPS) is 17.0. The van der Waals surface area contributed by atoms with Crippen LogP contribution in [0.3, 0.4) is 0 Å². The zero-order chi connectivity index (χ0) is 23.4. The van der Waals surface area contributed by atoms with Gasteiger partial charge in [-0.3, -0.25) is 9.59 Å². The van der Waals surface area contributed by atoms with Crippen molar-refractivity contribution in [1.82, 2.24) is 20.6 Å². The summed E-state index contributed by atoms with van der Waals surface area (Å²) in [5.41, 5.74) is 1.49. The molecule has 1 heterocycles. The molecule has 1 aliphatic carbocycles. The number of carbonyl (C=O) groups excluding carboxylic acids is 2. The van der Waals surface area contributed by atoms with Crippen molar-refractivity contribution in [1.29, 1.82) is 0 Å². The number of ether oxygens (including phenoxy) is 2. The average Bonchev–Trinajstić information content (AvgIpc) is 2.81. The standard InChI is InChI=1S/C24H23FN4O4/c1-3-22(30)29-16-8-17(9-16)33-21-10-18-19(11-20(21)32-2)27-13-28-23(18)24(31)26-12-14-4-6-15(25)7-5-14/h3-7,10-11,13,16-17H,1,8-9,12H2,2H3,(H,26,31)(H,29,30). The van der Waals surface area contributed by atoms with Crippen LogP contribution in [-0.4, -0.2) is 41.0 Å². The first-order valence-electron chi connectivity index (χ1n) is 10.4. The number of amides is 2. The molecule has 0 saturated heterocycles. The largest absolute Gasteiger partial charge is 0.493 e. The van der Waals surface area contributed by atoms with Crippen molar-refractivity contribution in [2.45, 2.75) is 31.5 Å². The molecule has 2 aromatic carbocycles. The van der Waals surface area contributed by atoms with Gasteiger partial charge < -0.3 is 20.1 Å². The molecule has 0 bridgehead atoms. The van der Waals surface area contributed by atoms with Gasteiger partial charge in [0.25, 0.3) is 5.91 Å². The lowest BCUT2D eigenvalue weighted by Crippen LogP contribution is -2.48. The predicted molar refractivity (Wildman–Crippen MR) is 119 cm³/mol. The van der Waals surface area contributed by atoms with Crippen molar-refractivity contribution in [3.63, 3.8) is 0 Å². The predicted octanol–water partition coefficient (Wildman–Crippen LogP) is 2.92. The van der Waals surface area contributed by atoms with E-state index in [1.807, 2.05) is 0 Å². The molecular weight excluding hydrogens is 427 g/mol. The van der Waals surface area contributed by atoms with Crippen LogP contribution in [0, 0.1) is 5.82 Å². The number of hydrogen-bond donors (Lipinski definition) is 2. The van der Waals surface area contributed by atoms with E-state index >= 15 is 0 Å². The molecule has 1 aromatic heterocycles. The van der Waals surface area contributed by atoms with Crippen LogP contribution in [-0.2, 0) is 11.3 Å². The average molecular weight is 450 g/mol. The third kappa shape index (κ3) is 5.08. The highest BCUT2D eigenvalue weighted by Gasteiger charge is 2.32. The molecule has 1 saturated carbocycles. The van der Waals surface area contributed by atoms with Gasteiger partial charge in [0, 0.05) is 36.9 Å². The number of halogens is 1. The highest BCUT2D eigenvalue weighted by atomic mass is 19.1. The number of benzene rings is 2. The fourth-order valence-electron chi connectivity index (χ4n) is 3.58. The minimum atomic E-state index is -0.390. The number of carbonyl (C=O) groups is 2. The third-order valence-electron chi connectivity index (χ3n) is 5.42. The second-order valence-electron chi connectivity index (χ2n) is 7.67. The Kier molecular flexibility index (Phi) is 6.48. The van der Waals surface area contributed by atoms with Crippen LogP contribution in [0.1, 0.15) is 28.9 Å². The summed E-state index contributed by atoms with van der Waals surface area (Å²) in [4.78, 5) is 32.7. The van der Waals surface area contributed by atoms with Crippen LogP contribution in [0.4, 0.5) is 4.39 Å². The van der Waals surface area contributed by atoms with E-state index in [2.05, 4.69) is 27.2 Å². The van der Waals surface area contributed by atoms with E-state index in [0.717, 1.165) is 5.56 Å². The zero-order valence-corrected chi connectivity index (χ0v) is 18.0. The summed E-state index contributed by atoms with van der Waals surface area (Å²) >= 11 is 0. The fourth-order valence-corrected chi connectivity index (χ4v) is 3.58. The summed E-state index contributed by atoms with van der Waals surface area (Å²) < 4.78 is 24.6. The summed E-state index contributed by atoms with van der Waals surface area (Å²) in [6.45, 7) is 3.67. The van der Waals surface area contributed by atoms with Crippen LogP contribution in [0.5, 0.6) is 11.5 Å². The SMILES string of the molecule is C=CC(=O)NC1CC(Oc2cc3c(C(=O)NCc4ccc(F)cc4)ncnc3cc2OC)C1. The van der Waals surface area contributed by atoms with Crippen LogP contribution in [0.2, 0.25) is 0 Å². The van der Waals surface area contributed by atoms with Gasteiger partial charge in [-0.15, -0.1) is 0 Å². The van der Waals surface area contributed by atoms with E-state index in [4.69, 9.17) is 9.47 Å². The lowest BCUT2D eigenvalue weighted by Gasteiger charge is -2.35. The first-order valence-corrected chi connectivity index (χ1v) is 10.4. The van der Waals surface area contributed by atoms with E-state index in [1.165, 1.54) is 31.6 Å². The van der Waals surface area contributed by atoms with Crippen LogP contribution in [0.15, 0.2) is 55.4 Å². The van der Waals surface area contributed by atoms with Crippen molar-refractivity contribution in [3.05, 3.63) is 72.5 Å².